The van der Waals surface area contributed by atoms with Gasteiger partial charge in [0.2, 0.25) is 0 Å². The molecule has 35 heavy (non-hydrogen) atoms. The van der Waals surface area contributed by atoms with Crippen molar-refractivity contribution in [2.75, 3.05) is 5.32 Å². The molecule has 0 spiro atoms. The molecule has 4 rings (SSSR count). The van der Waals surface area contributed by atoms with Crippen LogP contribution in [0.25, 0.3) is 5.69 Å². The normalized spacial score (nSPS) is 10.9. The average molecular weight is 567 g/mol. The molecule has 11 heteroatoms. The van der Waals surface area contributed by atoms with Gasteiger partial charge in [0.15, 0.2) is 11.0 Å². The number of thioether (sulfide) groups is 1. The summed E-state index contributed by atoms with van der Waals surface area (Å²) < 4.78 is 1.79. The first kappa shape index (κ1) is 25.7. The fraction of sp³-hybridized carbons (Fsp3) is 0.125. The fourth-order valence-electron chi connectivity index (χ4n) is 3.29. The Labute approximate surface area is 226 Å². The van der Waals surface area contributed by atoms with Crippen molar-refractivity contribution in [3.05, 3.63) is 97.7 Å². The lowest BCUT2D eigenvalue weighted by Crippen LogP contribution is -2.29. The molecule has 180 valence electrons. The van der Waals surface area contributed by atoms with Crippen molar-refractivity contribution in [1.29, 1.82) is 0 Å². The van der Waals surface area contributed by atoms with Crippen molar-refractivity contribution < 1.29 is 4.79 Å². The first-order valence-electron chi connectivity index (χ1n) is 10.4. The lowest BCUT2D eigenvalue weighted by atomic mass is 10.2. The number of anilines is 1. The smallest absolute Gasteiger partial charge is 0.319 e. The van der Waals surface area contributed by atoms with Crippen LogP contribution in [0.15, 0.2) is 65.8 Å². The van der Waals surface area contributed by atoms with Crippen LogP contribution >= 0.6 is 58.2 Å². The first-order valence-corrected chi connectivity index (χ1v) is 12.9. The van der Waals surface area contributed by atoms with Crippen LogP contribution in [-0.2, 0) is 12.3 Å². The van der Waals surface area contributed by atoms with E-state index in [4.69, 9.17) is 46.4 Å². The molecule has 0 aliphatic heterocycles. The summed E-state index contributed by atoms with van der Waals surface area (Å²) in [6, 6.07) is 17.9. The van der Waals surface area contributed by atoms with E-state index in [0.29, 0.717) is 48.2 Å². The van der Waals surface area contributed by atoms with Crippen molar-refractivity contribution >= 4 is 69.9 Å². The monoisotopic (exact) mass is 565 g/mol. The summed E-state index contributed by atoms with van der Waals surface area (Å²) in [6.45, 7) is 2.11. The summed E-state index contributed by atoms with van der Waals surface area (Å²) in [6.07, 6.45) is 0. The van der Waals surface area contributed by atoms with Gasteiger partial charge in [-0.25, -0.2) is 4.79 Å². The maximum Gasteiger partial charge on any atom is 0.319 e. The highest BCUT2D eigenvalue weighted by Gasteiger charge is 2.18. The molecule has 0 aliphatic rings. The largest absolute Gasteiger partial charge is 0.331 e. The Bertz CT molecular complexity index is 1360. The van der Waals surface area contributed by atoms with Gasteiger partial charge in [-0.15, -0.1) is 10.2 Å². The molecular weight excluding hydrogens is 548 g/mol. The molecule has 1 heterocycles. The molecule has 2 amide bonds. The Morgan fingerprint density at radius 3 is 2.43 bits per heavy atom. The lowest BCUT2D eigenvalue weighted by Gasteiger charge is -2.14. The molecular formula is C24H19Cl4N5OS. The Morgan fingerprint density at radius 2 is 1.69 bits per heavy atom. The van der Waals surface area contributed by atoms with E-state index in [1.807, 2.05) is 19.1 Å². The average Bonchev–Trinajstić information content (AvgIpc) is 3.23. The molecule has 0 aliphatic carbocycles. The van der Waals surface area contributed by atoms with Gasteiger partial charge >= 0.3 is 6.03 Å². The number of aryl methyl sites for hydroxylation is 1. The SMILES string of the molecule is Cc1cccc(CSc2nnc(CNC(=O)Nc3c(Cl)cccc3Cl)n2-c2cc(Cl)ccc2Cl)c1. The minimum atomic E-state index is -0.499. The maximum absolute atomic E-state index is 12.6. The number of amides is 2. The Balaban J connectivity index is 1.57. The number of nitrogens with zero attached hydrogens (tertiary/aromatic N) is 3. The number of benzene rings is 3. The van der Waals surface area contributed by atoms with Crippen LogP contribution in [0, 0.1) is 6.92 Å². The molecule has 0 fully saturated rings. The summed E-state index contributed by atoms with van der Waals surface area (Å²) in [7, 11) is 0. The topological polar surface area (TPSA) is 71.8 Å². The lowest BCUT2D eigenvalue weighted by molar-refractivity contribution is 0.251. The van der Waals surface area contributed by atoms with Gasteiger partial charge < -0.3 is 10.6 Å². The number of carbonyl (C=O) groups is 1. The number of rotatable bonds is 7. The molecule has 1 aromatic heterocycles. The van der Waals surface area contributed by atoms with Crippen molar-refractivity contribution in [2.24, 2.45) is 0 Å². The van der Waals surface area contributed by atoms with Crippen LogP contribution in [0.3, 0.4) is 0 Å². The van der Waals surface area contributed by atoms with E-state index in [9.17, 15) is 4.79 Å². The molecule has 0 unspecified atom stereocenters. The zero-order chi connectivity index (χ0) is 24.9. The summed E-state index contributed by atoms with van der Waals surface area (Å²) >= 11 is 26.5. The number of urea groups is 1. The molecule has 0 saturated carbocycles. The van der Waals surface area contributed by atoms with Gasteiger partial charge in [0.05, 0.1) is 33.0 Å². The molecule has 0 radical (unpaired) electrons. The summed E-state index contributed by atoms with van der Waals surface area (Å²) in [5.41, 5.74) is 3.26. The highest BCUT2D eigenvalue weighted by molar-refractivity contribution is 7.98. The molecule has 0 bridgehead atoms. The highest BCUT2D eigenvalue weighted by Crippen LogP contribution is 2.32. The summed E-state index contributed by atoms with van der Waals surface area (Å²) in [5.74, 6) is 1.15. The van der Waals surface area contributed by atoms with E-state index >= 15 is 0 Å². The fourth-order valence-corrected chi connectivity index (χ4v) is 5.06. The second-order valence-corrected chi connectivity index (χ2v) is 10.1. The standard InChI is InChI=1S/C24H19Cl4N5OS/c1-14-4-2-5-15(10-14)13-35-24-32-31-21(33(24)20-11-16(25)8-9-17(20)26)12-29-23(34)30-22-18(27)6-3-7-19(22)28/h2-11H,12-13H2,1H3,(H2,29,30,34). The van der Waals surface area contributed by atoms with E-state index in [-0.39, 0.29) is 6.54 Å². The Kier molecular flexibility index (Phi) is 8.46. The third kappa shape index (κ3) is 6.42. The van der Waals surface area contributed by atoms with E-state index in [1.165, 1.54) is 17.3 Å². The third-order valence-corrected chi connectivity index (χ3v) is 7.09. The van der Waals surface area contributed by atoms with Gasteiger partial charge in [-0.3, -0.25) is 4.57 Å². The molecule has 4 aromatic rings. The maximum atomic E-state index is 12.6. The quantitative estimate of drug-likeness (QED) is 0.224. The van der Waals surface area contributed by atoms with E-state index < -0.39 is 6.03 Å². The zero-order valence-corrected chi connectivity index (χ0v) is 22.2. The summed E-state index contributed by atoms with van der Waals surface area (Å²) in [4.78, 5) is 12.6. The number of halogens is 4. The van der Waals surface area contributed by atoms with Crippen molar-refractivity contribution in [2.45, 2.75) is 24.4 Å². The number of hydrogen-bond acceptors (Lipinski definition) is 4. The third-order valence-electron chi connectivity index (χ3n) is 4.91. The molecule has 2 N–H and O–H groups in total. The molecule has 3 aromatic carbocycles. The van der Waals surface area contributed by atoms with Crippen molar-refractivity contribution in [3.63, 3.8) is 0 Å². The van der Waals surface area contributed by atoms with Gasteiger partial charge in [-0.2, -0.15) is 0 Å². The van der Waals surface area contributed by atoms with Crippen LogP contribution in [0.4, 0.5) is 10.5 Å². The van der Waals surface area contributed by atoms with Crippen LogP contribution in [-0.4, -0.2) is 20.8 Å². The predicted molar refractivity (Wildman–Crippen MR) is 144 cm³/mol. The van der Waals surface area contributed by atoms with Crippen LogP contribution < -0.4 is 10.6 Å². The number of hydrogen-bond donors (Lipinski definition) is 2. The van der Waals surface area contributed by atoms with Gasteiger partial charge in [-0.05, 0) is 42.8 Å². The van der Waals surface area contributed by atoms with Crippen molar-refractivity contribution in [3.8, 4) is 5.69 Å². The number of carbonyl (C=O) groups excluding carboxylic acids is 1. The minimum Gasteiger partial charge on any atom is -0.331 e. The van der Waals surface area contributed by atoms with Gasteiger partial charge in [0, 0.05) is 10.8 Å². The summed E-state index contributed by atoms with van der Waals surface area (Å²) in [5, 5.41) is 16.3. The minimum absolute atomic E-state index is 0.0642. The van der Waals surface area contributed by atoms with Gasteiger partial charge in [-0.1, -0.05) is 94.1 Å². The predicted octanol–water partition coefficient (Wildman–Crippen LogP) is 7.80. The second kappa shape index (κ2) is 11.5. The number of nitrogens with one attached hydrogen (secondary N) is 2. The molecule has 0 atom stereocenters. The van der Waals surface area contributed by atoms with Crippen LogP contribution in [0.2, 0.25) is 20.1 Å². The van der Waals surface area contributed by atoms with Gasteiger partial charge in [0.25, 0.3) is 0 Å². The number of aromatic nitrogens is 3. The van der Waals surface area contributed by atoms with Crippen LogP contribution in [0.1, 0.15) is 17.0 Å². The molecule has 6 nitrogen and oxygen atoms in total. The van der Waals surface area contributed by atoms with Crippen LogP contribution in [0.5, 0.6) is 0 Å². The van der Waals surface area contributed by atoms with E-state index in [1.54, 1.807) is 41.0 Å². The molecule has 0 saturated heterocycles. The number of para-hydroxylation sites is 1. The van der Waals surface area contributed by atoms with Gasteiger partial charge in [0.1, 0.15) is 0 Å². The Hall–Kier alpha value is -2.42. The first-order chi connectivity index (χ1) is 16.8. The highest BCUT2D eigenvalue weighted by atomic mass is 35.5. The zero-order valence-electron chi connectivity index (χ0n) is 18.4. The Morgan fingerprint density at radius 1 is 0.943 bits per heavy atom. The second-order valence-electron chi connectivity index (χ2n) is 7.51. The van der Waals surface area contributed by atoms with E-state index in [0.717, 1.165) is 5.56 Å². The van der Waals surface area contributed by atoms with E-state index in [2.05, 4.69) is 33.0 Å². The van der Waals surface area contributed by atoms with Crippen molar-refractivity contribution in [1.82, 2.24) is 20.1 Å².